The van der Waals surface area contributed by atoms with Crippen molar-refractivity contribution in [1.29, 1.82) is 0 Å². The van der Waals surface area contributed by atoms with Crippen LogP contribution in [0.3, 0.4) is 0 Å². The van der Waals surface area contributed by atoms with Gasteiger partial charge in [0.1, 0.15) is 12.4 Å². The van der Waals surface area contributed by atoms with Gasteiger partial charge in [-0.1, -0.05) is 41.4 Å². The van der Waals surface area contributed by atoms with Gasteiger partial charge < -0.3 is 19.5 Å². The normalized spacial score (nSPS) is 12.1. The van der Waals surface area contributed by atoms with E-state index in [4.69, 9.17) is 37.4 Å². The molecule has 0 aliphatic carbocycles. The summed E-state index contributed by atoms with van der Waals surface area (Å²) in [6, 6.07) is 19.3. The number of anilines is 1. The molecule has 0 unspecified atom stereocenters. The third-order valence-corrected chi connectivity index (χ3v) is 4.90. The van der Waals surface area contributed by atoms with E-state index in [9.17, 15) is 0 Å². The van der Waals surface area contributed by atoms with Gasteiger partial charge in [-0.05, 0) is 47.5 Å². The number of hydrogen-bond acceptors (Lipinski definition) is 4. The highest BCUT2D eigenvalue weighted by Gasteiger charge is 2.13. The van der Waals surface area contributed by atoms with Crippen molar-refractivity contribution in [2.45, 2.75) is 13.2 Å². The predicted octanol–water partition coefficient (Wildman–Crippen LogP) is 5.91. The van der Waals surface area contributed by atoms with Gasteiger partial charge in [-0.25, -0.2) is 0 Å². The standard InChI is InChI=1S/C21H17Cl2NO3/c22-18-6-4-15(9-19(18)23)12-25-17-3-1-2-14(8-17)11-24-16-5-7-20-21(10-16)27-13-26-20/h1-10,24H,11-13H2. The average Bonchev–Trinajstić information content (AvgIpc) is 3.15. The van der Waals surface area contributed by atoms with Crippen LogP contribution in [0.1, 0.15) is 11.1 Å². The molecule has 4 rings (SSSR count). The Morgan fingerprint density at radius 1 is 0.852 bits per heavy atom. The Bertz CT molecular complexity index is 962. The van der Waals surface area contributed by atoms with Gasteiger partial charge in [-0.3, -0.25) is 0 Å². The maximum Gasteiger partial charge on any atom is 0.231 e. The fraction of sp³-hybridized carbons (Fsp3) is 0.143. The lowest BCUT2D eigenvalue weighted by Gasteiger charge is -2.10. The lowest BCUT2D eigenvalue weighted by Crippen LogP contribution is -2.00. The Labute approximate surface area is 167 Å². The van der Waals surface area contributed by atoms with Crippen molar-refractivity contribution in [3.63, 3.8) is 0 Å². The first-order valence-electron chi connectivity index (χ1n) is 8.46. The molecular weight excluding hydrogens is 385 g/mol. The topological polar surface area (TPSA) is 39.7 Å². The molecule has 27 heavy (non-hydrogen) atoms. The van der Waals surface area contributed by atoms with E-state index in [1.165, 1.54) is 0 Å². The minimum Gasteiger partial charge on any atom is -0.489 e. The van der Waals surface area contributed by atoms with Crippen LogP contribution >= 0.6 is 23.2 Å². The van der Waals surface area contributed by atoms with Crippen LogP contribution in [0.25, 0.3) is 0 Å². The molecule has 0 aromatic heterocycles. The van der Waals surface area contributed by atoms with E-state index in [0.29, 0.717) is 23.2 Å². The van der Waals surface area contributed by atoms with Crippen LogP contribution in [0, 0.1) is 0 Å². The summed E-state index contributed by atoms with van der Waals surface area (Å²) in [4.78, 5) is 0. The van der Waals surface area contributed by atoms with Crippen molar-refractivity contribution in [1.82, 2.24) is 0 Å². The van der Waals surface area contributed by atoms with Crippen LogP contribution in [0.2, 0.25) is 10.0 Å². The second kappa shape index (κ2) is 7.99. The highest BCUT2D eigenvalue weighted by molar-refractivity contribution is 6.42. The lowest BCUT2D eigenvalue weighted by atomic mass is 10.2. The Morgan fingerprint density at radius 3 is 2.63 bits per heavy atom. The second-order valence-electron chi connectivity index (χ2n) is 6.11. The zero-order chi connectivity index (χ0) is 18.6. The summed E-state index contributed by atoms with van der Waals surface area (Å²) in [7, 11) is 0. The summed E-state index contributed by atoms with van der Waals surface area (Å²) >= 11 is 12.0. The SMILES string of the molecule is Clc1ccc(COc2cccc(CNc3ccc4c(c3)OCO4)c2)cc1Cl. The van der Waals surface area contributed by atoms with Gasteiger partial charge in [0, 0.05) is 18.3 Å². The number of nitrogens with one attached hydrogen (secondary N) is 1. The molecule has 6 heteroatoms. The van der Waals surface area contributed by atoms with E-state index in [2.05, 4.69) is 5.32 Å². The van der Waals surface area contributed by atoms with Gasteiger partial charge in [0.2, 0.25) is 6.79 Å². The first kappa shape index (κ1) is 17.8. The number of ether oxygens (including phenoxy) is 3. The first-order chi connectivity index (χ1) is 13.2. The molecule has 1 aliphatic rings. The highest BCUT2D eigenvalue weighted by atomic mass is 35.5. The summed E-state index contributed by atoms with van der Waals surface area (Å²) in [6.07, 6.45) is 0. The Hall–Kier alpha value is -2.56. The molecule has 0 amide bonds. The van der Waals surface area contributed by atoms with E-state index in [1.807, 2.05) is 54.6 Å². The quantitative estimate of drug-likeness (QED) is 0.556. The third kappa shape index (κ3) is 4.41. The summed E-state index contributed by atoms with van der Waals surface area (Å²) < 4.78 is 16.6. The summed E-state index contributed by atoms with van der Waals surface area (Å²) in [5.41, 5.74) is 3.05. The molecule has 3 aromatic rings. The van der Waals surface area contributed by atoms with Crippen molar-refractivity contribution in [3.05, 3.63) is 81.8 Å². The number of benzene rings is 3. The van der Waals surface area contributed by atoms with E-state index in [0.717, 1.165) is 34.1 Å². The monoisotopic (exact) mass is 401 g/mol. The smallest absolute Gasteiger partial charge is 0.231 e. The minimum atomic E-state index is 0.275. The molecule has 3 aromatic carbocycles. The molecule has 4 nitrogen and oxygen atoms in total. The molecule has 0 saturated carbocycles. The third-order valence-electron chi connectivity index (χ3n) is 4.16. The average molecular weight is 402 g/mol. The Morgan fingerprint density at radius 2 is 1.74 bits per heavy atom. The fourth-order valence-electron chi connectivity index (χ4n) is 2.75. The van der Waals surface area contributed by atoms with Gasteiger partial charge in [0.15, 0.2) is 11.5 Å². The molecule has 0 spiro atoms. The molecule has 0 radical (unpaired) electrons. The lowest BCUT2D eigenvalue weighted by molar-refractivity contribution is 0.174. The van der Waals surface area contributed by atoms with E-state index >= 15 is 0 Å². The van der Waals surface area contributed by atoms with Gasteiger partial charge in [-0.15, -0.1) is 0 Å². The molecular formula is C21H17Cl2NO3. The van der Waals surface area contributed by atoms with Gasteiger partial charge in [0.05, 0.1) is 10.0 Å². The van der Waals surface area contributed by atoms with Crippen LogP contribution in [0.15, 0.2) is 60.7 Å². The molecule has 138 valence electrons. The van der Waals surface area contributed by atoms with Gasteiger partial charge in [-0.2, -0.15) is 0 Å². The van der Waals surface area contributed by atoms with Crippen molar-refractivity contribution >= 4 is 28.9 Å². The van der Waals surface area contributed by atoms with Crippen molar-refractivity contribution in [3.8, 4) is 17.2 Å². The number of hydrogen-bond donors (Lipinski definition) is 1. The maximum absolute atomic E-state index is 6.04. The van der Waals surface area contributed by atoms with Gasteiger partial charge in [0.25, 0.3) is 0 Å². The minimum absolute atomic E-state index is 0.275. The van der Waals surface area contributed by atoms with Gasteiger partial charge >= 0.3 is 0 Å². The zero-order valence-electron chi connectivity index (χ0n) is 14.4. The summed E-state index contributed by atoms with van der Waals surface area (Å²) in [6.45, 7) is 1.37. The molecule has 1 heterocycles. The van der Waals surface area contributed by atoms with Crippen LogP contribution in [-0.4, -0.2) is 6.79 Å². The molecule has 0 fully saturated rings. The molecule has 1 N–H and O–H groups in total. The van der Waals surface area contributed by atoms with E-state index in [1.54, 1.807) is 6.07 Å². The fourth-order valence-corrected chi connectivity index (χ4v) is 3.07. The van der Waals surface area contributed by atoms with Crippen molar-refractivity contribution in [2.24, 2.45) is 0 Å². The van der Waals surface area contributed by atoms with Crippen LogP contribution < -0.4 is 19.5 Å². The predicted molar refractivity (Wildman–Crippen MR) is 107 cm³/mol. The Kier molecular flexibility index (Phi) is 5.28. The number of rotatable bonds is 6. The van der Waals surface area contributed by atoms with Crippen LogP contribution in [0.5, 0.6) is 17.2 Å². The van der Waals surface area contributed by atoms with Crippen LogP contribution in [-0.2, 0) is 13.2 Å². The summed E-state index contributed by atoms with van der Waals surface area (Å²) in [5.74, 6) is 2.34. The molecule has 0 bridgehead atoms. The number of fused-ring (bicyclic) bond motifs is 1. The first-order valence-corrected chi connectivity index (χ1v) is 9.22. The zero-order valence-corrected chi connectivity index (χ0v) is 15.9. The molecule has 0 saturated heterocycles. The van der Waals surface area contributed by atoms with E-state index < -0.39 is 0 Å². The number of halogens is 2. The highest BCUT2D eigenvalue weighted by Crippen LogP contribution is 2.34. The largest absolute Gasteiger partial charge is 0.489 e. The van der Waals surface area contributed by atoms with Crippen molar-refractivity contribution < 1.29 is 14.2 Å². The summed E-state index contributed by atoms with van der Waals surface area (Å²) in [5, 5.41) is 4.45. The van der Waals surface area contributed by atoms with Crippen molar-refractivity contribution in [2.75, 3.05) is 12.1 Å². The Balaban J connectivity index is 1.36. The maximum atomic E-state index is 6.04. The van der Waals surface area contributed by atoms with Crippen LogP contribution in [0.4, 0.5) is 5.69 Å². The molecule has 0 atom stereocenters. The molecule has 1 aliphatic heterocycles. The van der Waals surface area contributed by atoms with E-state index in [-0.39, 0.29) is 6.79 Å². The second-order valence-corrected chi connectivity index (χ2v) is 6.92.